The molecule has 2 nitrogen and oxygen atoms in total. The minimum Gasteiger partial charge on any atom is -0.294 e. The lowest BCUT2D eigenvalue weighted by molar-refractivity contribution is 0.0681. The third-order valence-electron chi connectivity index (χ3n) is 7.48. The van der Waals surface area contributed by atoms with E-state index in [1.807, 2.05) is 0 Å². The van der Waals surface area contributed by atoms with Gasteiger partial charge in [-0.3, -0.25) is 9.69 Å². The molecule has 4 aromatic rings. The van der Waals surface area contributed by atoms with Crippen LogP contribution in [0.2, 0.25) is 0 Å². The Morgan fingerprint density at radius 1 is 0.742 bits per heavy atom. The van der Waals surface area contributed by atoms with Gasteiger partial charge in [0.05, 0.1) is 0 Å². The zero-order chi connectivity index (χ0) is 20.8. The maximum Gasteiger partial charge on any atom is 0.167 e. The molecular formula is C29H27NO. The molecule has 2 fully saturated rings. The molecule has 2 aliphatic rings. The summed E-state index contributed by atoms with van der Waals surface area (Å²) in [5, 5.41) is 4.53. The zero-order valence-electron chi connectivity index (χ0n) is 17.7. The third kappa shape index (κ3) is 3.26. The first kappa shape index (κ1) is 18.8. The van der Waals surface area contributed by atoms with Crippen molar-refractivity contribution >= 4 is 27.3 Å². The molecule has 2 saturated heterocycles. The molecule has 154 valence electrons. The number of hydrogen-bond donors (Lipinski definition) is 0. The molecule has 31 heavy (non-hydrogen) atoms. The summed E-state index contributed by atoms with van der Waals surface area (Å²) < 4.78 is 0. The molecule has 0 saturated carbocycles. The maximum atomic E-state index is 14.0. The molecule has 2 heterocycles. The van der Waals surface area contributed by atoms with Crippen molar-refractivity contribution in [2.75, 3.05) is 0 Å². The van der Waals surface area contributed by atoms with Crippen molar-refractivity contribution in [2.45, 2.75) is 44.3 Å². The molecule has 2 heteroatoms. The van der Waals surface area contributed by atoms with Crippen molar-refractivity contribution in [1.29, 1.82) is 0 Å². The second-order valence-corrected chi connectivity index (χ2v) is 9.27. The molecule has 0 amide bonds. The first-order valence-electron chi connectivity index (χ1n) is 11.5. The van der Waals surface area contributed by atoms with Crippen LogP contribution in [0.5, 0.6) is 0 Å². The molecule has 2 aliphatic heterocycles. The summed E-state index contributed by atoms with van der Waals surface area (Å²) in [7, 11) is 0. The normalized spacial score (nSPS) is 23.4. The fourth-order valence-corrected chi connectivity index (χ4v) is 6.02. The van der Waals surface area contributed by atoms with E-state index >= 15 is 0 Å². The van der Waals surface area contributed by atoms with Gasteiger partial charge < -0.3 is 0 Å². The number of nitrogens with zero attached hydrogens (tertiary/aromatic N) is 1. The van der Waals surface area contributed by atoms with Gasteiger partial charge in [-0.25, -0.2) is 0 Å². The van der Waals surface area contributed by atoms with E-state index in [2.05, 4.69) is 89.8 Å². The van der Waals surface area contributed by atoms with E-state index in [1.165, 1.54) is 18.4 Å². The Kier molecular flexibility index (Phi) is 4.61. The summed E-state index contributed by atoms with van der Waals surface area (Å²) in [6, 6.07) is 30.8. The lowest BCUT2D eigenvalue weighted by Gasteiger charge is -2.38. The van der Waals surface area contributed by atoms with Gasteiger partial charge in [-0.05, 0) is 58.9 Å². The van der Waals surface area contributed by atoms with E-state index < -0.39 is 0 Å². The topological polar surface area (TPSA) is 20.3 Å². The van der Waals surface area contributed by atoms with Gasteiger partial charge in [-0.2, -0.15) is 0 Å². The quantitative estimate of drug-likeness (QED) is 0.281. The first-order chi connectivity index (χ1) is 15.3. The van der Waals surface area contributed by atoms with E-state index in [4.69, 9.17) is 0 Å². The summed E-state index contributed by atoms with van der Waals surface area (Å²) in [4.78, 5) is 16.7. The molecular weight excluding hydrogens is 378 g/mol. The molecule has 0 aromatic heterocycles. The monoisotopic (exact) mass is 405 g/mol. The van der Waals surface area contributed by atoms with Crippen LogP contribution in [0.1, 0.15) is 41.6 Å². The van der Waals surface area contributed by atoms with Crippen molar-refractivity contribution in [3.05, 3.63) is 96.1 Å². The Bertz CT molecular complexity index is 1190. The van der Waals surface area contributed by atoms with E-state index in [9.17, 15) is 4.79 Å². The molecule has 0 spiro atoms. The van der Waals surface area contributed by atoms with Crippen LogP contribution < -0.4 is 0 Å². The molecule has 6 rings (SSSR count). The van der Waals surface area contributed by atoms with Gasteiger partial charge in [0, 0.05) is 30.1 Å². The largest absolute Gasteiger partial charge is 0.294 e. The number of Topliss-reactive ketones (excluding diaryl/α,β-unsaturated/α-hetero) is 1. The van der Waals surface area contributed by atoms with Crippen LogP contribution in [0.3, 0.4) is 0 Å². The number of ketones is 1. The Morgan fingerprint density at radius 2 is 1.29 bits per heavy atom. The van der Waals surface area contributed by atoms with Crippen LogP contribution in [0.15, 0.2) is 84.9 Å². The van der Waals surface area contributed by atoms with Crippen LogP contribution in [-0.4, -0.2) is 22.8 Å². The maximum absolute atomic E-state index is 14.0. The van der Waals surface area contributed by atoms with Crippen molar-refractivity contribution in [3.8, 4) is 0 Å². The van der Waals surface area contributed by atoms with Crippen molar-refractivity contribution in [3.63, 3.8) is 0 Å². The summed E-state index contributed by atoms with van der Waals surface area (Å²) in [5.74, 6) is 0.475. The van der Waals surface area contributed by atoms with Crippen LogP contribution in [0.4, 0.5) is 0 Å². The van der Waals surface area contributed by atoms with Crippen molar-refractivity contribution < 1.29 is 4.79 Å². The average Bonchev–Trinajstić information content (AvgIpc) is 3.04. The number of carbonyl (C=O) groups excluding carboxylic acids is 1. The van der Waals surface area contributed by atoms with E-state index in [0.29, 0.717) is 17.9 Å². The Hall–Kier alpha value is -2.97. The molecule has 4 aromatic carbocycles. The predicted molar refractivity (Wildman–Crippen MR) is 127 cm³/mol. The van der Waals surface area contributed by atoms with Gasteiger partial charge in [0.15, 0.2) is 5.78 Å². The second-order valence-electron chi connectivity index (χ2n) is 9.27. The Morgan fingerprint density at radius 3 is 1.90 bits per heavy atom. The zero-order valence-corrected chi connectivity index (χ0v) is 17.7. The van der Waals surface area contributed by atoms with Crippen LogP contribution >= 0.6 is 0 Å². The fourth-order valence-electron chi connectivity index (χ4n) is 6.02. The number of benzene rings is 4. The number of rotatable bonds is 4. The predicted octanol–water partition coefficient (Wildman–Crippen LogP) is 6.62. The molecule has 2 bridgehead atoms. The first-order valence-corrected chi connectivity index (χ1v) is 11.5. The van der Waals surface area contributed by atoms with E-state index in [-0.39, 0.29) is 5.92 Å². The van der Waals surface area contributed by atoms with Gasteiger partial charge in [-0.1, -0.05) is 78.9 Å². The van der Waals surface area contributed by atoms with Gasteiger partial charge >= 0.3 is 0 Å². The SMILES string of the molecule is O=C(c1c2ccccc2cc2ccccc12)C1CC2CCC(C1)N2Cc1ccccc1. The Labute approximate surface area is 183 Å². The summed E-state index contributed by atoms with van der Waals surface area (Å²) in [6.07, 6.45) is 4.41. The smallest absolute Gasteiger partial charge is 0.167 e. The van der Waals surface area contributed by atoms with Gasteiger partial charge in [0.1, 0.15) is 0 Å². The van der Waals surface area contributed by atoms with Crippen LogP contribution in [0.25, 0.3) is 21.5 Å². The highest BCUT2D eigenvalue weighted by molar-refractivity contribution is 6.19. The fraction of sp³-hybridized carbons (Fsp3) is 0.276. The summed E-state index contributed by atoms with van der Waals surface area (Å²) in [6.45, 7) is 1.01. The Balaban J connectivity index is 1.34. The average molecular weight is 406 g/mol. The minimum absolute atomic E-state index is 0.124. The number of fused-ring (bicyclic) bond motifs is 4. The molecule has 0 N–H and O–H groups in total. The molecule has 2 atom stereocenters. The molecule has 2 unspecified atom stereocenters. The second kappa shape index (κ2) is 7.62. The standard InChI is InChI=1S/C29H27NO/c31-29(28-26-12-6-4-10-21(26)16-22-11-5-7-13-27(22)28)23-17-24-14-15-25(18-23)30(24)19-20-8-2-1-3-9-20/h1-13,16,23-25H,14-15,17-19H2. The minimum atomic E-state index is 0.124. The molecule has 0 radical (unpaired) electrons. The van der Waals surface area contributed by atoms with Gasteiger partial charge in [-0.15, -0.1) is 0 Å². The summed E-state index contributed by atoms with van der Waals surface area (Å²) in [5.41, 5.74) is 2.32. The van der Waals surface area contributed by atoms with E-state index in [1.54, 1.807) is 0 Å². The van der Waals surface area contributed by atoms with Gasteiger partial charge in [0.2, 0.25) is 0 Å². The van der Waals surface area contributed by atoms with Crippen molar-refractivity contribution in [1.82, 2.24) is 4.90 Å². The van der Waals surface area contributed by atoms with Gasteiger partial charge in [0.25, 0.3) is 0 Å². The summed E-state index contributed by atoms with van der Waals surface area (Å²) >= 11 is 0. The highest BCUT2D eigenvalue weighted by Gasteiger charge is 2.43. The van der Waals surface area contributed by atoms with E-state index in [0.717, 1.165) is 46.5 Å². The lowest BCUT2D eigenvalue weighted by Crippen LogP contribution is -2.44. The van der Waals surface area contributed by atoms with Crippen molar-refractivity contribution in [2.24, 2.45) is 5.92 Å². The third-order valence-corrected chi connectivity index (χ3v) is 7.48. The lowest BCUT2D eigenvalue weighted by atomic mass is 9.81. The highest BCUT2D eigenvalue weighted by atomic mass is 16.1. The highest BCUT2D eigenvalue weighted by Crippen LogP contribution is 2.42. The number of hydrogen-bond acceptors (Lipinski definition) is 2. The van der Waals surface area contributed by atoms with Crippen LogP contribution in [-0.2, 0) is 6.54 Å². The number of carbonyl (C=O) groups is 1. The molecule has 0 aliphatic carbocycles. The van der Waals surface area contributed by atoms with Crippen LogP contribution in [0, 0.1) is 5.92 Å². The number of piperidine rings is 1.